The standard InChI is InChI=1S/C13H14N4O2S/c1-2-19-13(18)12-14-15-16-17(12)8-10-7-9-5-3-4-6-11(9)20-10/h3-6,10H,2,7-8H2,1H3. The van der Waals surface area contributed by atoms with E-state index < -0.39 is 5.97 Å². The third-order valence-corrected chi connectivity index (χ3v) is 4.38. The molecule has 20 heavy (non-hydrogen) atoms. The molecule has 0 saturated heterocycles. The topological polar surface area (TPSA) is 69.9 Å². The smallest absolute Gasteiger partial charge is 0.378 e. The number of fused-ring (bicyclic) bond motifs is 1. The molecule has 3 rings (SSSR count). The van der Waals surface area contributed by atoms with Gasteiger partial charge >= 0.3 is 5.97 Å². The van der Waals surface area contributed by atoms with Crippen molar-refractivity contribution in [3.8, 4) is 0 Å². The first kappa shape index (κ1) is 13.1. The molecule has 0 radical (unpaired) electrons. The van der Waals surface area contributed by atoms with Crippen LogP contribution in [0.15, 0.2) is 29.2 Å². The van der Waals surface area contributed by atoms with Crippen molar-refractivity contribution in [2.45, 2.75) is 30.0 Å². The van der Waals surface area contributed by atoms with Crippen molar-refractivity contribution < 1.29 is 9.53 Å². The fourth-order valence-corrected chi connectivity index (χ4v) is 3.52. The summed E-state index contributed by atoms with van der Waals surface area (Å²) in [4.78, 5) is 13.0. The highest BCUT2D eigenvalue weighted by molar-refractivity contribution is 8.00. The number of esters is 1. The maximum atomic E-state index is 11.7. The Balaban J connectivity index is 1.71. The summed E-state index contributed by atoms with van der Waals surface area (Å²) < 4.78 is 6.47. The number of aromatic nitrogens is 4. The minimum absolute atomic E-state index is 0.170. The minimum atomic E-state index is -0.474. The predicted molar refractivity (Wildman–Crippen MR) is 73.6 cm³/mol. The van der Waals surface area contributed by atoms with Crippen molar-refractivity contribution in [2.24, 2.45) is 0 Å². The van der Waals surface area contributed by atoms with Gasteiger partial charge in [0.05, 0.1) is 13.2 Å². The Hall–Kier alpha value is -1.89. The number of nitrogens with zero attached hydrogens (tertiary/aromatic N) is 4. The Labute approximate surface area is 120 Å². The van der Waals surface area contributed by atoms with Crippen LogP contribution in [0.5, 0.6) is 0 Å². The Morgan fingerprint density at radius 3 is 3.15 bits per heavy atom. The van der Waals surface area contributed by atoms with E-state index in [2.05, 4.69) is 27.7 Å². The molecule has 104 valence electrons. The van der Waals surface area contributed by atoms with Crippen LogP contribution in [0.4, 0.5) is 0 Å². The van der Waals surface area contributed by atoms with Gasteiger partial charge in [0.15, 0.2) is 0 Å². The summed E-state index contributed by atoms with van der Waals surface area (Å²) in [5.74, 6) is -0.304. The molecular weight excluding hydrogens is 276 g/mol. The van der Waals surface area contributed by atoms with Crippen molar-refractivity contribution >= 4 is 17.7 Å². The Kier molecular flexibility index (Phi) is 3.68. The number of hydrogen-bond donors (Lipinski definition) is 0. The molecular formula is C13H14N4O2S. The van der Waals surface area contributed by atoms with Crippen LogP contribution in [0, 0.1) is 0 Å². The summed E-state index contributed by atoms with van der Waals surface area (Å²) in [6, 6.07) is 8.33. The van der Waals surface area contributed by atoms with Crippen molar-refractivity contribution in [3.05, 3.63) is 35.7 Å². The number of carbonyl (C=O) groups excluding carboxylic acids is 1. The molecule has 6 nitrogen and oxygen atoms in total. The van der Waals surface area contributed by atoms with Gasteiger partial charge < -0.3 is 4.74 Å². The Morgan fingerprint density at radius 1 is 1.50 bits per heavy atom. The van der Waals surface area contributed by atoms with Crippen LogP contribution in [-0.2, 0) is 17.7 Å². The molecule has 0 aliphatic carbocycles. The van der Waals surface area contributed by atoms with Gasteiger partial charge in [-0.25, -0.2) is 9.48 Å². The molecule has 0 fully saturated rings. The highest BCUT2D eigenvalue weighted by Crippen LogP contribution is 2.37. The van der Waals surface area contributed by atoms with E-state index in [-0.39, 0.29) is 5.82 Å². The first-order valence-electron chi connectivity index (χ1n) is 6.45. The minimum Gasteiger partial charge on any atom is -0.460 e. The lowest BCUT2D eigenvalue weighted by molar-refractivity contribution is 0.0504. The highest BCUT2D eigenvalue weighted by Gasteiger charge is 2.25. The largest absolute Gasteiger partial charge is 0.460 e. The average Bonchev–Trinajstić information content (AvgIpc) is 3.05. The number of carbonyl (C=O) groups is 1. The summed E-state index contributed by atoms with van der Waals surface area (Å²) in [5, 5.41) is 11.5. The molecule has 1 aliphatic rings. The fourth-order valence-electron chi connectivity index (χ4n) is 2.22. The van der Waals surface area contributed by atoms with Gasteiger partial charge in [-0.3, -0.25) is 0 Å². The quantitative estimate of drug-likeness (QED) is 0.796. The second kappa shape index (κ2) is 5.62. The first-order chi connectivity index (χ1) is 9.78. The molecule has 0 bridgehead atoms. The van der Waals surface area contributed by atoms with E-state index in [1.165, 1.54) is 15.1 Å². The van der Waals surface area contributed by atoms with E-state index in [0.717, 1.165) is 6.42 Å². The summed E-state index contributed by atoms with van der Waals surface area (Å²) >= 11 is 1.80. The van der Waals surface area contributed by atoms with Gasteiger partial charge in [-0.05, 0) is 35.4 Å². The van der Waals surface area contributed by atoms with Gasteiger partial charge in [-0.15, -0.1) is 16.9 Å². The van der Waals surface area contributed by atoms with Crippen LogP contribution in [0.25, 0.3) is 0 Å². The summed E-state index contributed by atoms with van der Waals surface area (Å²) in [7, 11) is 0. The molecule has 1 atom stereocenters. The SMILES string of the molecule is CCOC(=O)c1nnnn1CC1Cc2ccccc2S1. The van der Waals surface area contributed by atoms with E-state index in [4.69, 9.17) is 4.74 Å². The maximum absolute atomic E-state index is 11.7. The van der Waals surface area contributed by atoms with Crippen LogP contribution < -0.4 is 0 Å². The molecule has 0 N–H and O–H groups in total. The molecule has 1 unspecified atom stereocenters. The van der Waals surface area contributed by atoms with Crippen molar-refractivity contribution in [2.75, 3.05) is 6.61 Å². The van der Waals surface area contributed by atoms with Crippen LogP contribution in [-0.4, -0.2) is 38.0 Å². The maximum Gasteiger partial charge on any atom is 0.378 e. The van der Waals surface area contributed by atoms with E-state index >= 15 is 0 Å². The van der Waals surface area contributed by atoms with E-state index in [9.17, 15) is 4.79 Å². The molecule has 1 aromatic heterocycles. The van der Waals surface area contributed by atoms with Crippen LogP contribution in [0.3, 0.4) is 0 Å². The van der Waals surface area contributed by atoms with E-state index in [0.29, 0.717) is 18.4 Å². The van der Waals surface area contributed by atoms with Gasteiger partial charge in [0, 0.05) is 10.1 Å². The summed E-state index contributed by atoms with van der Waals surface area (Å²) in [6.45, 7) is 2.67. The zero-order chi connectivity index (χ0) is 13.9. The normalized spacial score (nSPS) is 16.9. The predicted octanol–water partition coefficient (Wildman–Crippen LogP) is 1.57. The van der Waals surface area contributed by atoms with E-state index in [1.807, 2.05) is 12.1 Å². The lowest BCUT2D eigenvalue weighted by Crippen LogP contribution is -2.20. The molecule has 0 spiro atoms. The molecule has 7 heteroatoms. The van der Waals surface area contributed by atoms with Crippen LogP contribution >= 0.6 is 11.8 Å². The van der Waals surface area contributed by atoms with Gasteiger partial charge in [0.2, 0.25) is 0 Å². The van der Waals surface area contributed by atoms with Crippen LogP contribution in [0.2, 0.25) is 0 Å². The van der Waals surface area contributed by atoms with Crippen LogP contribution in [0.1, 0.15) is 23.1 Å². The van der Waals surface area contributed by atoms with Gasteiger partial charge in [0.25, 0.3) is 5.82 Å². The van der Waals surface area contributed by atoms with Crippen molar-refractivity contribution in [3.63, 3.8) is 0 Å². The third kappa shape index (κ3) is 2.53. The third-order valence-electron chi connectivity index (χ3n) is 3.08. The summed E-state index contributed by atoms with van der Waals surface area (Å²) in [6.07, 6.45) is 0.961. The van der Waals surface area contributed by atoms with Crippen molar-refractivity contribution in [1.29, 1.82) is 0 Å². The zero-order valence-electron chi connectivity index (χ0n) is 11.0. The van der Waals surface area contributed by atoms with Gasteiger partial charge in [-0.1, -0.05) is 18.2 Å². The van der Waals surface area contributed by atoms with Gasteiger partial charge in [-0.2, -0.15) is 0 Å². The second-order valence-corrected chi connectivity index (χ2v) is 5.80. The molecule has 2 heterocycles. The van der Waals surface area contributed by atoms with Crippen molar-refractivity contribution in [1.82, 2.24) is 20.2 Å². The van der Waals surface area contributed by atoms with E-state index in [1.54, 1.807) is 18.7 Å². The number of tetrazole rings is 1. The number of hydrogen-bond acceptors (Lipinski definition) is 6. The molecule has 0 amide bonds. The lowest BCUT2D eigenvalue weighted by Gasteiger charge is -2.09. The number of ether oxygens (including phenoxy) is 1. The monoisotopic (exact) mass is 290 g/mol. The zero-order valence-corrected chi connectivity index (χ0v) is 11.8. The molecule has 0 saturated carbocycles. The first-order valence-corrected chi connectivity index (χ1v) is 7.33. The lowest BCUT2D eigenvalue weighted by atomic mass is 10.1. The average molecular weight is 290 g/mol. The molecule has 2 aromatic rings. The fraction of sp³-hybridized carbons (Fsp3) is 0.385. The highest BCUT2D eigenvalue weighted by atomic mass is 32.2. The second-order valence-electron chi connectivity index (χ2n) is 4.46. The molecule has 1 aromatic carbocycles. The number of benzene rings is 1. The Morgan fingerprint density at radius 2 is 2.35 bits per heavy atom. The number of thioether (sulfide) groups is 1. The molecule has 1 aliphatic heterocycles. The summed E-state index contributed by atoms with van der Waals surface area (Å²) in [5.41, 5.74) is 1.34. The Bertz CT molecular complexity index is 603. The number of rotatable bonds is 4. The van der Waals surface area contributed by atoms with Gasteiger partial charge in [0.1, 0.15) is 0 Å².